The van der Waals surface area contributed by atoms with Crippen LogP contribution in [-0.2, 0) is 12.0 Å². The lowest BCUT2D eigenvalue weighted by molar-refractivity contribution is 0.559. The summed E-state index contributed by atoms with van der Waals surface area (Å²) in [5.41, 5.74) is 2.31. The highest BCUT2D eigenvalue weighted by atomic mass is 79.9. The summed E-state index contributed by atoms with van der Waals surface area (Å²) in [5.74, 6) is 0. The lowest BCUT2D eigenvalue weighted by Gasteiger charge is -2.17. The molecule has 5 heteroatoms. The zero-order valence-electron chi connectivity index (χ0n) is 13.0. The molecule has 21 heavy (non-hydrogen) atoms. The molecule has 2 aromatic rings. The smallest absolute Gasteiger partial charge is 0.125 e. The van der Waals surface area contributed by atoms with Crippen LogP contribution < -0.4 is 5.32 Å². The van der Waals surface area contributed by atoms with E-state index in [4.69, 9.17) is 4.98 Å². The maximum atomic E-state index is 4.89. The fourth-order valence-electron chi connectivity index (χ4n) is 2.09. The van der Waals surface area contributed by atoms with E-state index in [0.717, 1.165) is 34.6 Å². The topological polar surface area (TPSA) is 37.8 Å². The lowest BCUT2D eigenvalue weighted by atomic mass is 9.91. The van der Waals surface area contributed by atoms with Crippen molar-refractivity contribution >= 4 is 27.3 Å². The molecule has 2 heterocycles. The van der Waals surface area contributed by atoms with E-state index in [9.17, 15) is 0 Å². The lowest BCUT2D eigenvalue weighted by Crippen LogP contribution is -2.19. The van der Waals surface area contributed by atoms with Gasteiger partial charge in [0.2, 0.25) is 0 Å². The van der Waals surface area contributed by atoms with E-state index in [0.29, 0.717) is 0 Å². The Morgan fingerprint density at radius 2 is 2.05 bits per heavy atom. The van der Waals surface area contributed by atoms with Crippen molar-refractivity contribution in [3.05, 3.63) is 33.5 Å². The van der Waals surface area contributed by atoms with Crippen molar-refractivity contribution in [2.75, 3.05) is 6.54 Å². The zero-order chi connectivity index (χ0) is 15.5. The first-order chi connectivity index (χ1) is 9.91. The standard InChI is InChI=1S/C16H22BrN3S/c1-5-6-18-10-13-14(16(2,3)4)20-15(21-13)11-7-12(17)9-19-8-11/h7-9,18H,5-6,10H2,1-4H3. The van der Waals surface area contributed by atoms with Crippen molar-refractivity contribution in [1.29, 1.82) is 0 Å². The van der Waals surface area contributed by atoms with Gasteiger partial charge >= 0.3 is 0 Å². The summed E-state index contributed by atoms with van der Waals surface area (Å²) in [6.45, 7) is 10.8. The minimum atomic E-state index is 0.0530. The molecule has 0 saturated carbocycles. The molecule has 0 amide bonds. The van der Waals surface area contributed by atoms with Gasteiger partial charge in [0.15, 0.2) is 0 Å². The van der Waals surface area contributed by atoms with E-state index in [-0.39, 0.29) is 5.41 Å². The van der Waals surface area contributed by atoms with Crippen molar-refractivity contribution < 1.29 is 0 Å². The van der Waals surface area contributed by atoms with E-state index >= 15 is 0 Å². The first kappa shape index (κ1) is 16.6. The molecule has 0 aliphatic carbocycles. The van der Waals surface area contributed by atoms with Gasteiger partial charge in [0.25, 0.3) is 0 Å². The second kappa shape index (κ2) is 6.99. The fourth-order valence-corrected chi connectivity index (χ4v) is 3.68. The number of hydrogen-bond acceptors (Lipinski definition) is 4. The Bertz CT molecular complexity index is 602. The molecule has 2 rings (SSSR count). The second-order valence-electron chi connectivity index (χ2n) is 6.11. The summed E-state index contributed by atoms with van der Waals surface area (Å²) < 4.78 is 0.984. The monoisotopic (exact) mass is 367 g/mol. The van der Waals surface area contributed by atoms with E-state index in [1.165, 1.54) is 10.6 Å². The highest BCUT2D eigenvalue weighted by molar-refractivity contribution is 9.10. The van der Waals surface area contributed by atoms with Crippen LogP contribution >= 0.6 is 27.3 Å². The van der Waals surface area contributed by atoms with Gasteiger partial charge in [-0.2, -0.15) is 0 Å². The number of aromatic nitrogens is 2. The van der Waals surface area contributed by atoms with Crippen molar-refractivity contribution in [3.8, 4) is 10.6 Å². The molecular formula is C16H22BrN3S. The molecule has 0 atom stereocenters. The quantitative estimate of drug-likeness (QED) is 0.773. The Kier molecular flexibility index (Phi) is 5.52. The number of rotatable bonds is 5. The minimum Gasteiger partial charge on any atom is -0.312 e. The van der Waals surface area contributed by atoms with Gasteiger partial charge in [0, 0.05) is 39.3 Å². The first-order valence-electron chi connectivity index (χ1n) is 7.23. The molecule has 1 N–H and O–H groups in total. The molecule has 0 radical (unpaired) electrons. The third kappa shape index (κ3) is 4.34. The molecule has 0 aliphatic rings. The maximum absolute atomic E-state index is 4.89. The number of hydrogen-bond donors (Lipinski definition) is 1. The highest BCUT2D eigenvalue weighted by Gasteiger charge is 2.23. The van der Waals surface area contributed by atoms with Crippen molar-refractivity contribution in [1.82, 2.24) is 15.3 Å². The third-order valence-corrected chi connectivity index (χ3v) is 4.61. The van der Waals surface area contributed by atoms with E-state index in [2.05, 4.69) is 60.0 Å². The molecule has 0 aliphatic heterocycles. The molecule has 3 nitrogen and oxygen atoms in total. The number of nitrogens with zero attached hydrogens (tertiary/aromatic N) is 2. The van der Waals surface area contributed by atoms with Crippen LogP contribution in [0.25, 0.3) is 10.6 Å². The Balaban J connectivity index is 2.36. The van der Waals surface area contributed by atoms with E-state index in [1.54, 1.807) is 17.5 Å². The predicted octanol–water partition coefficient (Wildman–Crippen LogP) is 4.76. The Morgan fingerprint density at radius 1 is 1.29 bits per heavy atom. The van der Waals surface area contributed by atoms with Crippen LogP contribution in [0, 0.1) is 0 Å². The van der Waals surface area contributed by atoms with Crippen LogP contribution in [0.5, 0.6) is 0 Å². The molecule has 0 saturated heterocycles. The number of halogens is 1. The fraction of sp³-hybridized carbons (Fsp3) is 0.500. The van der Waals surface area contributed by atoms with Gasteiger partial charge in [-0.1, -0.05) is 27.7 Å². The van der Waals surface area contributed by atoms with Crippen LogP contribution in [0.3, 0.4) is 0 Å². The first-order valence-corrected chi connectivity index (χ1v) is 8.84. The van der Waals surface area contributed by atoms with Gasteiger partial charge in [-0.3, -0.25) is 4.98 Å². The molecule has 0 bridgehead atoms. The molecule has 114 valence electrons. The molecule has 0 spiro atoms. The van der Waals surface area contributed by atoms with Gasteiger partial charge in [-0.15, -0.1) is 11.3 Å². The van der Waals surface area contributed by atoms with E-state index < -0.39 is 0 Å². The third-order valence-electron chi connectivity index (χ3n) is 3.07. The predicted molar refractivity (Wildman–Crippen MR) is 93.7 cm³/mol. The minimum absolute atomic E-state index is 0.0530. The Labute approximate surface area is 139 Å². The Hall–Kier alpha value is -0.780. The average Bonchev–Trinajstić information content (AvgIpc) is 2.83. The average molecular weight is 368 g/mol. The van der Waals surface area contributed by atoms with Gasteiger partial charge in [0.05, 0.1) is 5.69 Å². The summed E-state index contributed by atoms with van der Waals surface area (Å²) in [5, 5.41) is 4.53. The summed E-state index contributed by atoms with van der Waals surface area (Å²) in [6, 6.07) is 2.07. The molecule has 0 fully saturated rings. The van der Waals surface area contributed by atoms with Crippen molar-refractivity contribution in [3.63, 3.8) is 0 Å². The van der Waals surface area contributed by atoms with Crippen LogP contribution in [0.2, 0.25) is 0 Å². The summed E-state index contributed by atoms with van der Waals surface area (Å²) in [7, 11) is 0. The van der Waals surface area contributed by atoms with Gasteiger partial charge < -0.3 is 5.32 Å². The summed E-state index contributed by atoms with van der Waals surface area (Å²) >= 11 is 5.24. The highest BCUT2D eigenvalue weighted by Crippen LogP contribution is 2.34. The number of nitrogens with one attached hydrogen (secondary N) is 1. The van der Waals surface area contributed by atoms with Crippen LogP contribution in [0.1, 0.15) is 44.7 Å². The molecule has 0 aromatic carbocycles. The number of pyridine rings is 1. The maximum Gasteiger partial charge on any atom is 0.125 e. The molecule has 0 unspecified atom stereocenters. The van der Waals surface area contributed by atoms with Crippen molar-refractivity contribution in [2.24, 2.45) is 0 Å². The van der Waals surface area contributed by atoms with Gasteiger partial charge in [-0.05, 0) is 35.0 Å². The van der Waals surface area contributed by atoms with Gasteiger partial charge in [0.1, 0.15) is 5.01 Å². The zero-order valence-corrected chi connectivity index (χ0v) is 15.4. The Morgan fingerprint density at radius 3 is 2.67 bits per heavy atom. The molecular weight excluding hydrogens is 346 g/mol. The second-order valence-corrected chi connectivity index (χ2v) is 8.11. The normalized spacial score (nSPS) is 11.9. The van der Waals surface area contributed by atoms with Crippen LogP contribution in [-0.4, -0.2) is 16.5 Å². The summed E-state index contributed by atoms with van der Waals surface area (Å²) in [4.78, 5) is 10.5. The van der Waals surface area contributed by atoms with Crippen LogP contribution in [0.15, 0.2) is 22.9 Å². The number of thiazole rings is 1. The van der Waals surface area contributed by atoms with E-state index in [1.807, 2.05) is 6.20 Å². The largest absolute Gasteiger partial charge is 0.312 e. The SMILES string of the molecule is CCCNCc1sc(-c2cncc(Br)c2)nc1C(C)(C)C. The van der Waals surface area contributed by atoms with Gasteiger partial charge in [-0.25, -0.2) is 4.98 Å². The van der Waals surface area contributed by atoms with Crippen molar-refractivity contribution in [2.45, 2.75) is 46.1 Å². The summed E-state index contributed by atoms with van der Waals surface area (Å²) in [6.07, 6.45) is 4.82. The molecule has 2 aromatic heterocycles. The van der Waals surface area contributed by atoms with Crippen LogP contribution in [0.4, 0.5) is 0 Å².